The molecule has 0 unspecified atom stereocenters. The molecule has 3 aromatic carbocycles. The van der Waals surface area contributed by atoms with Crippen molar-refractivity contribution >= 4 is 22.7 Å². The number of benzene rings is 3. The number of nitrogens with two attached hydrogens (primary N) is 1. The van der Waals surface area contributed by atoms with Gasteiger partial charge in [-0.1, -0.05) is 60.7 Å². The smallest absolute Gasteiger partial charge is 0.267 e. The van der Waals surface area contributed by atoms with E-state index in [0.717, 1.165) is 11.1 Å². The van der Waals surface area contributed by atoms with Crippen molar-refractivity contribution in [2.75, 3.05) is 0 Å². The summed E-state index contributed by atoms with van der Waals surface area (Å²) in [6, 6.07) is 24.6. The van der Waals surface area contributed by atoms with Crippen molar-refractivity contribution in [2.45, 2.75) is 0 Å². The van der Waals surface area contributed by atoms with E-state index in [1.165, 1.54) is 10.8 Å². The Labute approximate surface area is 156 Å². The molecular weight excluding hydrogens is 338 g/mol. The molecule has 5 heteroatoms. The Morgan fingerprint density at radius 2 is 1.41 bits per heavy atom. The Balaban J connectivity index is 1.74. The number of nitrogen functional groups attached to an aromatic ring is 1. The lowest BCUT2D eigenvalue weighted by Gasteiger charge is -2.06. The van der Waals surface area contributed by atoms with Crippen molar-refractivity contribution in [1.29, 1.82) is 0 Å². The van der Waals surface area contributed by atoms with Crippen molar-refractivity contribution < 1.29 is 9.59 Å². The summed E-state index contributed by atoms with van der Waals surface area (Å²) in [6.07, 6.45) is 1.53. The summed E-state index contributed by atoms with van der Waals surface area (Å²) >= 11 is 0. The normalized spacial score (nSPS) is 10.7. The lowest BCUT2D eigenvalue weighted by atomic mass is 10.0. The van der Waals surface area contributed by atoms with Gasteiger partial charge in [-0.25, -0.2) is 5.84 Å². The first-order chi connectivity index (χ1) is 13.2. The molecule has 0 bridgehead atoms. The van der Waals surface area contributed by atoms with Gasteiger partial charge in [0.2, 0.25) is 0 Å². The van der Waals surface area contributed by atoms with Crippen LogP contribution < -0.4 is 11.3 Å². The zero-order valence-electron chi connectivity index (χ0n) is 14.4. The number of para-hydroxylation sites is 1. The molecular formula is C22H17N3O2. The molecule has 0 saturated heterocycles. The zero-order valence-corrected chi connectivity index (χ0v) is 14.4. The van der Waals surface area contributed by atoms with E-state index in [-0.39, 0.29) is 5.91 Å². The zero-order chi connectivity index (χ0) is 18.8. The summed E-state index contributed by atoms with van der Waals surface area (Å²) in [6.45, 7) is 0. The van der Waals surface area contributed by atoms with Gasteiger partial charge in [0.15, 0.2) is 0 Å². The first-order valence-electron chi connectivity index (χ1n) is 8.50. The highest BCUT2D eigenvalue weighted by Gasteiger charge is 2.18. The van der Waals surface area contributed by atoms with Crippen LogP contribution in [0.25, 0.3) is 22.0 Å². The maximum atomic E-state index is 13.0. The molecule has 3 N–H and O–H groups in total. The molecule has 5 nitrogen and oxygen atoms in total. The summed E-state index contributed by atoms with van der Waals surface area (Å²) < 4.78 is 1.48. The van der Waals surface area contributed by atoms with Gasteiger partial charge in [0.05, 0.1) is 11.1 Å². The molecule has 4 aromatic rings. The Kier molecular flexibility index (Phi) is 4.28. The fourth-order valence-electron chi connectivity index (χ4n) is 3.18. The third kappa shape index (κ3) is 3.01. The molecule has 1 heterocycles. The number of nitrogens with one attached hydrogen (secondary N) is 1. The highest BCUT2D eigenvalue weighted by Crippen LogP contribution is 2.24. The number of aromatic nitrogens is 1. The van der Waals surface area contributed by atoms with Gasteiger partial charge in [-0.05, 0) is 29.3 Å². The number of hydrogen-bond acceptors (Lipinski definition) is 3. The highest BCUT2D eigenvalue weighted by atomic mass is 16.2. The number of hydrogen-bond donors (Lipinski definition) is 2. The van der Waals surface area contributed by atoms with Crippen LogP contribution in [0.15, 0.2) is 85.1 Å². The van der Waals surface area contributed by atoms with Crippen LogP contribution in [-0.2, 0) is 0 Å². The van der Waals surface area contributed by atoms with Gasteiger partial charge < -0.3 is 0 Å². The van der Waals surface area contributed by atoms with Gasteiger partial charge in [0.1, 0.15) is 0 Å². The number of hydrazine groups is 1. The topological polar surface area (TPSA) is 77.1 Å². The van der Waals surface area contributed by atoms with Gasteiger partial charge in [-0.15, -0.1) is 0 Å². The minimum Gasteiger partial charge on any atom is -0.290 e. The predicted octanol–water partition coefficient (Wildman–Crippen LogP) is 3.60. The summed E-state index contributed by atoms with van der Waals surface area (Å²) in [5, 5.41) is 0.676. The molecule has 1 aromatic heterocycles. The summed E-state index contributed by atoms with van der Waals surface area (Å²) in [7, 11) is 0. The summed E-state index contributed by atoms with van der Waals surface area (Å²) in [4.78, 5) is 25.1. The molecule has 1 amide bonds. The molecule has 0 fully saturated rings. The van der Waals surface area contributed by atoms with Crippen molar-refractivity contribution in [2.24, 2.45) is 5.84 Å². The third-order valence-electron chi connectivity index (χ3n) is 4.55. The number of fused-ring (bicyclic) bond motifs is 1. The van der Waals surface area contributed by atoms with Crippen LogP contribution in [0.3, 0.4) is 0 Å². The van der Waals surface area contributed by atoms with Gasteiger partial charge >= 0.3 is 0 Å². The van der Waals surface area contributed by atoms with E-state index in [0.29, 0.717) is 22.0 Å². The Hall–Kier alpha value is -3.70. The van der Waals surface area contributed by atoms with E-state index in [9.17, 15) is 9.59 Å². The van der Waals surface area contributed by atoms with E-state index in [2.05, 4.69) is 5.43 Å². The molecule has 0 spiro atoms. The quantitative estimate of drug-likeness (QED) is 0.335. The van der Waals surface area contributed by atoms with E-state index in [1.807, 2.05) is 54.6 Å². The maximum Gasteiger partial charge on any atom is 0.267 e. The fourth-order valence-corrected chi connectivity index (χ4v) is 3.18. The van der Waals surface area contributed by atoms with Crippen LogP contribution >= 0.6 is 0 Å². The molecule has 0 aliphatic heterocycles. The molecule has 4 rings (SSSR count). The third-order valence-corrected chi connectivity index (χ3v) is 4.55. The fraction of sp³-hybridized carbons (Fsp3) is 0. The molecule has 0 atom stereocenters. The van der Waals surface area contributed by atoms with Gasteiger partial charge in [-0.3, -0.25) is 19.6 Å². The van der Waals surface area contributed by atoms with Crippen molar-refractivity contribution in [3.05, 3.63) is 96.2 Å². The Bertz CT molecular complexity index is 1130. The van der Waals surface area contributed by atoms with Crippen LogP contribution in [0.2, 0.25) is 0 Å². The van der Waals surface area contributed by atoms with Crippen LogP contribution in [0, 0.1) is 0 Å². The van der Waals surface area contributed by atoms with Crippen molar-refractivity contribution in [3.63, 3.8) is 0 Å². The number of rotatable bonds is 3. The Morgan fingerprint density at radius 3 is 2.11 bits per heavy atom. The van der Waals surface area contributed by atoms with E-state index in [1.54, 1.807) is 24.3 Å². The van der Waals surface area contributed by atoms with E-state index in [4.69, 9.17) is 5.84 Å². The molecule has 0 radical (unpaired) electrons. The minimum atomic E-state index is -0.433. The molecule has 0 saturated carbocycles. The van der Waals surface area contributed by atoms with Crippen LogP contribution in [0.1, 0.15) is 20.7 Å². The SMILES string of the molecule is NNC(=O)c1cn(C(=O)c2ccc(-c3ccccc3)cc2)c2ccccc12. The van der Waals surface area contributed by atoms with E-state index >= 15 is 0 Å². The number of carbonyl (C=O) groups is 2. The second-order valence-electron chi connectivity index (χ2n) is 6.15. The summed E-state index contributed by atoms with van der Waals surface area (Å²) in [5.74, 6) is 4.63. The predicted molar refractivity (Wildman–Crippen MR) is 105 cm³/mol. The standard InChI is InChI=1S/C22H17N3O2/c23-24-21(26)19-14-25(20-9-5-4-8-18(19)20)22(27)17-12-10-16(11-13-17)15-6-2-1-3-7-15/h1-14H,23H2,(H,24,26). The van der Waals surface area contributed by atoms with Crippen molar-refractivity contribution in [3.8, 4) is 11.1 Å². The minimum absolute atomic E-state index is 0.207. The van der Waals surface area contributed by atoms with Crippen LogP contribution in [0.5, 0.6) is 0 Å². The highest BCUT2D eigenvalue weighted by molar-refractivity contribution is 6.11. The second-order valence-corrected chi connectivity index (χ2v) is 6.15. The van der Waals surface area contributed by atoms with Gasteiger partial charge in [-0.2, -0.15) is 0 Å². The van der Waals surface area contributed by atoms with Crippen LogP contribution in [-0.4, -0.2) is 16.4 Å². The van der Waals surface area contributed by atoms with Crippen LogP contribution in [0.4, 0.5) is 0 Å². The van der Waals surface area contributed by atoms with Gasteiger partial charge in [0, 0.05) is 17.1 Å². The average molecular weight is 355 g/mol. The summed E-state index contributed by atoms with van der Waals surface area (Å²) in [5.41, 5.74) is 5.81. The lowest BCUT2D eigenvalue weighted by Crippen LogP contribution is -2.29. The molecule has 132 valence electrons. The lowest BCUT2D eigenvalue weighted by molar-refractivity contribution is 0.0955. The molecule has 0 aliphatic rings. The maximum absolute atomic E-state index is 13.0. The Morgan fingerprint density at radius 1 is 0.778 bits per heavy atom. The first kappa shape index (κ1) is 16.8. The number of carbonyl (C=O) groups excluding carboxylic acids is 2. The molecule has 0 aliphatic carbocycles. The average Bonchev–Trinajstić information content (AvgIpc) is 3.13. The van der Waals surface area contributed by atoms with Crippen molar-refractivity contribution in [1.82, 2.24) is 9.99 Å². The van der Waals surface area contributed by atoms with E-state index < -0.39 is 5.91 Å². The first-order valence-corrected chi connectivity index (χ1v) is 8.50. The molecule has 27 heavy (non-hydrogen) atoms. The monoisotopic (exact) mass is 355 g/mol. The number of nitrogens with zero attached hydrogens (tertiary/aromatic N) is 1. The number of amides is 1. The second kappa shape index (κ2) is 6.90. The largest absolute Gasteiger partial charge is 0.290 e. The van der Waals surface area contributed by atoms with Gasteiger partial charge in [0.25, 0.3) is 11.8 Å².